The zero-order chi connectivity index (χ0) is 14.9. The van der Waals surface area contributed by atoms with E-state index in [9.17, 15) is 4.79 Å². The summed E-state index contributed by atoms with van der Waals surface area (Å²) in [5, 5.41) is 4.18. The highest BCUT2D eigenvalue weighted by molar-refractivity contribution is 5.79. The van der Waals surface area contributed by atoms with Crippen LogP contribution in [0.3, 0.4) is 0 Å². The zero-order valence-electron chi connectivity index (χ0n) is 12.3. The van der Waals surface area contributed by atoms with Crippen LogP contribution in [0.4, 0.5) is 0 Å². The number of rotatable bonds is 3. The van der Waals surface area contributed by atoms with E-state index in [-0.39, 0.29) is 11.8 Å². The molecule has 1 amide bonds. The maximum atomic E-state index is 12.5. The second kappa shape index (κ2) is 5.57. The molecule has 7 nitrogen and oxygen atoms in total. The van der Waals surface area contributed by atoms with Crippen molar-refractivity contribution in [1.82, 2.24) is 19.6 Å². The molecule has 22 heavy (non-hydrogen) atoms. The number of ether oxygens (including phenoxy) is 1. The molecule has 0 spiro atoms. The second-order valence-corrected chi connectivity index (χ2v) is 5.84. The van der Waals surface area contributed by atoms with E-state index in [1.54, 1.807) is 12.5 Å². The average molecular weight is 302 g/mol. The number of carbonyl (C=O) groups is 1. The first-order valence-electron chi connectivity index (χ1n) is 7.60. The Balaban J connectivity index is 1.52. The monoisotopic (exact) mass is 302 g/mol. The summed E-state index contributed by atoms with van der Waals surface area (Å²) in [7, 11) is 0. The highest BCUT2D eigenvalue weighted by Crippen LogP contribution is 2.25. The summed E-state index contributed by atoms with van der Waals surface area (Å²) in [5.41, 5.74) is 1.93. The lowest BCUT2D eigenvalue weighted by Crippen LogP contribution is -2.40. The molecule has 4 rings (SSSR count). The first kappa shape index (κ1) is 13.5. The minimum Gasteiger partial charge on any atom is -0.381 e. The summed E-state index contributed by atoms with van der Waals surface area (Å²) in [5.74, 6) is 1.11. The summed E-state index contributed by atoms with van der Waals surface area (Å²) in [4.78, 5) is 18.5. The third kappa shape index (κ3) is 2.41. The van der Waals surface area contributed by atoms with Crippen molar-refractivity contribution in [3.05, 3.63) is 35.7 Å². The Morgan fingerprint density at radius 2 is 2.41 bits per heavy atom. The zero-order valence-corrected chi connectivity index (χ0v) is 12.3. The molecule has 4 heterocycles. The van der Waals surface area contributed by atoms with E-state index in [2.05, 4.69) is 10.1 Å². The van der Waals surface area contributed by atoms with Crippen LogP contribution in [-0.4, -0.2) is 45.3 Å². The molecule has 2 aromatic heterocycles. The van der Waals surface area contributed by atoms with Crippen LogP contribution in [0.1, 0.15) is 23.4 Å². The molecule has 2 aliphatic heterocycles. The van der Waals surface area contributed by atoms with E-state index in [0.717, 1.165) is 29.9 Å². The molecular weight excluding hydrogens is 284 g/mol. The van der Waals surface area contributed by atoms with Crippen LogP contribution in [0.25, 0.3) is 0 Å². The molecule has 0 N–H and O–H groups in total. The van der Waals surface area contributed by atoms with Crippen LogP contribution in [0.15, 0.2) is 23.2 Å². The van der Waals surface area contributed by atoms with Crippen molar-refractivity contribution in [1.29, 1.82) is 0 Å². The quantitative estimate of drug-likeness (QED) is 0.840. The predicted molar refractivity (Wildman–Crippen MR) is 75.9 cm³/mol. The summed E-state index contributed by atoms with van der Waals surface area (Å²) in [6, 6.07) is 0. The standard InChI is InChI=1S/C15H18N4O3/c20-15(11-2-6-21-9-11)19-4-1-14-12(7-19)13(17-22-14)8-18-5-3-16-10-18/h3,5,10-11H,1-2,4,6-9H2. The van der Waals surface area contributed by atoms with Crippen LogP contribution in [-0.2, 0) is 29.0 Å². The molecule has 2 aliphatic rings. The lowest BCUT2D eigenvalue weighted by Gasteiger charge is -2.28. The van der Waals surface area contributed by atoms with Crippen LogP contribution in [0.2, 0.25) is 0 Å². The molecule has 1 unspecified atom stereocenters. The molecule has 1 saturated heterocycles. The van der Waals surface area contributed by atoms with Crippen LogP contribution < -0.4 is 0 Å². The van der Waals surface area contributed by atoms with Gasteiger partial charge in [-0.3, -0.25) is 4.79 Å². The largest absolute Gasteiger partial charge is 0.381 e. The Kier molecular flexibility index (Phi) is 3.42. The molecule has 1 fully saturated rings. The molecule has 0 aromatic carbocycles. The van der Waals surface area contributed by atoms with Gasteiger partial charge in [-0.25, -0.2) is 4.98 Å². The van der Waals surface area contributed by atoms with Crippen LogP contribution in [0.5, 0.6) is 0 Å². The Morgan fingerprint density at radius 1 is 1.45 bits per heavy atom. The topological polar surface area (TPSA) is 73.4 Å². The fourth-order valence-corrected chi connectivity index (χ4v) is 3.12. The fraction of sp³-hybridized carbons (Fsp3) is 0.533. The molecule has 0 bridgehead atoms. The van der Waals surface area contributed by atoms with Gasteiger partial charge in [-0.1, -0.05) is 5.16 Å². The van der Waals surface area contributed by atoms with Gasteiger partial charge in [-0.15, -0.1) is 0 Å². The summed E-state index contributed by atoms with van der Waals surface area (Å²) >= 11 is 0. The van der Waals surface area contributed by atoms with Gasteiger partial charge in [0.1, 0.15) is 11.5 Å². The van der Waals surface area contributed by atoms with Gasteiger partial charge in [-0.2, -0.15) is 0 Å². The molecule has 0 radical (unpaired) electrons. The van der Waals surface area contributed by atoms with E-state index in [0.29, 0.717) is 32.8 Å². The number of hydrogen-bond donors (Lipinski definition) is 0. The van der Waals surface area contributed by atoms with Gasteiger partial charge in [0, 0.05) is 37.5 Å². The minimum atomic E-state index is 0.0125. The van der Waals surface area contributed by atoms with E-state index in [4.69, 9.17) is 9.26 Å². The highest BCUT2D eigenvalue weighted by atomic mass is 16.5. The average Bonchev–Trinajstić information content (AvgIpc) is 3.29. The fourth-order valence-electron chi connectivity index (χ4n) is 3.12. The first-order valence-corrected chi connectivity index (χ1v) is 7.60. The number of imidazole rings is 1. The smallest absolute Gasteiger partial charge is 0.228 e. The molecule has 1 atom stereocenters. The number of hydrogen-bond acceptors (Lipinski definition) is 5. The number of fused-ring (bicyclic) bond motifs is 1. The highest BCUT2D eigenvalue weighted by Gasteiger charge is 2.32. The third-order valence-electron chi connectivity index (χ3n) is 4.39. The van der Waals surface area contributed by atoms with Crippen molar-refractivity contribution in [2.75, 3.05) is 19.8 Å². The van der Waals surface area contributed by atoms with Gasteiger partial charge in [0.25, 0.3) is 0 Å². The van der Waals surface area contributed by atoms with Gasteiger partial charge < -0.3 is 18.7 Å². The summed E-state index contributed by atoms with van der Waals surface area (Å²) in [6.07, 6.45) is 6.94. The van der Waals surface area contributed by atoms with E-state index >= 15 is 0 Å². The van der Waals surface area contributed by atoms with E-state index in [1.165, 1.54) is 0 Å². The SMILES string of the molecule is O=C(C1CCOC1)N1CCc2onc(Cn3ccnc3)c2C1. The number of aromatic nitrogens is 3. The third-order valence-corrected chi connectivity index (χ3v) is 4.39. The second-order valence-electron chi connectivity index (χ2n) is 5.84. The normalized spacial score (nSPS) is 21.1. The van der Waals surface area contributed by atoms with Crippen molar-refractivity contribution in [2.24, 2.45) is 5.92 Å². The van der Waals surface area contributed by atoms with Crippen molar-refractivity contribution in [3.8, 4) is 0 Å². The number of amides is 1. The lowest BCUT2D eigenvalue weighted by atomic mass is 10.0. The van der Waals surface area contributed by atoms with Crippen molar-refractivity contribution >= 4 is 5.91 Å². The van der Waals surface area contributed by atoms with Crippen molar-refractivity contribution in [2.45, 2.75) is 25.9 Å². The van der Waals surface area contributed by atoms with Crippen molar-refractivity contribution < 1.29 is 14.1 Å². The molecule has 0 aliphatic carbocycles. The minimum absolute atomic E-state index is 0.0125. The Labute approximate surface area is 127 Å². The van der Waals surface area contributed by atoms with Crippen LogP contribution >= 0.6 is 0 Å². The van der Waals surface area contributed by atoms with Gasteiger partial charge >= 0.3 is 0 Å². The van der Waals surface area contributed by atoms with Gasteiger partial charge in [0.05, 0.1) is 31.9 Å². The number of nitrogens with zero attached hydrogens (tertiary/aromatic N) is 4. The summed E-state index contributed by atoms with van der Waals surface area (Å²) in [6.45, 7) is 3.13. The maximum absolute atomic E-state index is 12.5. The first-order chi connectivity index (χ1) is 10.8. The Morgan fingerprint density at radius 3 is 3.18 bits per heavy atom. The molecular formula is C15H18N4O3. The Bertz CT molecular complexity index is 658. The van der Waals surface area contributed by atoms with E-state index < -0.39 is 0 Å². The van der Waals surface area contributed by atoms with Crippen molar-refractivity contribution in [3.63, 3.8) is 0 Å². The van der Waals surface area contributed by atoms with Gasteiger partial charge in [0.2, 0.25) is 5.91 Å². The molecule has 2 aromatic rings. The predicted octanol–water partition coefficient (Wildman–Crippen LogP) is 0.841. The van der Waals surface area contributed by atoms with Gasteiger partial charge in [0.15, 0.2) is 0 Å². The lowest BCUT2D eigenvalue weighted by molar-refractivity contribution is -0.136. The number of carbonyl (C=O) groups excluding carboxylic acids is 1. The molecule has 7 heteroatoms. The molecule has 116 valence electrons. The maximum Gasteiger partial charge on any atom is 0.228 e. The summed E-state index contributed by atoms with van der Waals surface area (Å²) < 4.78 is 12.7. The van der Waals surface area contributed by atoms with E-state index in [1.807, 2.05) is 15.7 Å². The van der Waals surface area contributed by atoms with Gasteiger partial charge in [-0.05, 0) is 6.42 Å². The Hall–Kier alpha value is -2.15. The molecule has 0 saturated carbocycles. The van der Waals surface area contributed by atoms with Crippen LogP contribution in [0, 0.1) is 5.92 Å².